The van der Waals surface area contributed by atoms with Crippen LogP contribution in [0.4, 0.5) is 0 Å². The number of hydrogen-bond acceptors (Lipinski definition) is 5. The molecule has 2 unspecified atom stereocenters. The van der Waals surface area contributed by atoms with Crippen molar-refractivity contribution < 1.29 is 13.9 Å². The molecule has 1 aromatic heterocycles. The predicted molar refractivity (Wildman–Crippen MR) is 71.6 cm³/mol. The Kier molecular flexibility index (Phi) is 3.40. The number of aromatic nitrogens is 1. The van der Waals surface area contributed by atoms with Crippen molar-refractivity contribution in [2.45, 2.75) is 18.9 Å². The van der Waals surface area contributed by atoms with Gasteiger partial charge in [-0.1, -0.05) is 13.0 Å². The number of oxazole rings is 1. The summed E-state index contributed by atoms with van der Waals surface area (Å²) >= 11 is 0. The van der Waals surface area contributed by atoms with Crippen LogP contribution in [0.15, 0.2) is 22.6 Å². The van der Waals surface area contributed by atoms with E-state index in [0.717, 1.165) is 29.3 Å². The Balaban J connectivity index is 1.96. The van der Waals surface area contributed by atoms with Crippen molar-refractivity contribution in [3.63, 3.8) is 0 Å². The van der Waals surface area contributed by atoms with E-state index in [1.165, 1.54) is 0 Å². The highest BCUT2D eigenvalue weighted by molar-refractivity contribution is 5.79. The van der Waals surface area contributed by atoms with Crippen molar-refractivity contribution in [1.82, 2.24) is 10.3 Å². The van der Waals surface area contributed by atoms with Gasteiger partial charge < -0.3 is 19.2 Å². The number of fused-ring (bicyclic) bond motifs is 1. The molecule has 0 aliphatic carbocycles. The van der Waals surface area contributed by atoms with Gasteiger partial charge in [-0.2, -0.15) is 0 Å². The molecule has 1 aliphatic rings. The molecule has 5 heteroatoms. The molecule has 1 fully saturated rings. The van der Waals surface area contributed by atoms with E-state index in [1.807, 2.05) is 18.2 Å². The predicted octanol–water partition coefficient (Wildman–Crippen LogP) is 1.93. The molecule has 3 rings (SSSR count). The van der Waals surface area contributed by atoms with Gasteiger partial charge in [0.25, 0.3) is 0 Å². The molecule has 19 heavy (non-hydrogen) atoms. The lowest BCUT2D eigenvalue weighted by atomic mass is 10.0. The van der Waals surface area contributed by atoms with Crippen molar-refractivity contribution in [1.29, 1.82) is 0 Å². The number of likely N-dealkylation sites (N-methyl/N-ethyl adjacent to an activating group) is 1. The van der Waals surface area contributed by atoms with Crippen LogP contribution in [0.25, 0.3) is 11.1 Å². The van der Waals surface area contributed by atoms with Crippen LogP contribution in [0.1, 0.15) is 18.7 Å². The second kappa shape index (κ2) is 5.19. The van der Waals surface area contributed by atoms with E-state index >= 15 is 0 Å². The largest absolute Gasteiger partial charge is 0.494 e. The molecule has 5 nitrogen and oxygen atoms in total. The van der Waals surface area contributed by atoms with Gasteiger partial charge in [0, 0.05) is 6.04 Å². The van der Waals surface area contributed by atoms with Crippen molar-refractivity contribution in [3.05, 3.63) is 24.1 Å². The molecular formula is C14H18N2O3. The van der Waals surface area contributed by atoms with E-state index in [4.69, 9.17) is 13.9 Å². The van der Waals surface area contributed by atoms with Gasteiger partial charge in [-0.3, -0.25) is 0 Å². The average molecular weight is 262 g/mol. The topological polar surface area (TPSA) is 56.5 Å². The van der Waals surface area contributed by atoms with Crippen LogP contribution in [-0.2, 0) is 4.74 Å². The molecule has 1 aliphatic heterocycles. The highest BCUT2D eigenvalue weighted by atomic mass is 16.5. The van der Waals surface area contributed by atoms with Gasteiger partial charge in [0.05, 0.1) is 26.2 Å². The standard InChI is InChI=1S/C14H18N2O3/c1-3-15-10-8-18-7-9(10)14-16-13-11(17-2)5-4-6-12(13)19-14/h4-6,9-10,15H,3,7-8H2,1-2H3. The zero-order valence-electron chi connectivity index (χ0n) is 11.2. The number of nitrogens with one attached hydrogen (secondary N) is 1. The van der Waals surface area contributed by atoms with Crippen molar-refractivity contribution in [3.8, 4) is 5.75 Å². The normalized spacial score (nSPS) is 23.1. The number of methoxy groups -OCH3 is 1. The Hall–Kier alpha value is -1.59. The molecule has 2 heterocycles. The minimum absolute atomic E-state index is 0.164. The number of nitrogens with zero attached hydrogens (tertiary/aromatic N) is 1. The van der Waals surface area contributed by atoms with Crippen LogP contribution in [0, 0.1) is 0 Å². The van der Waals surface area contributed by atoms with Gasteiger partial charge in [-0.25, -0.2) is 4.98 Å². The van der Waals surface area contributed by atoms with Gasteiger partial charge in [0.15, 0.2) is 11.1 Å². The second-order valence-electron chi connectivity index (χ2n) is 4.67. The summed E-state index contributed by atoms with van der Waals surface area (Å²) in [5, 5.41) is 3.41. The van der Waals surface area contributed by atoms with Gasteiger partial charge >= 0.3 is 0 Å². The highest BCUT2D eigenvalue weighted by Crippen LogP contribution is 2.31. The maximum atomic E-state index is 5.86. The second-order valence-corrected chi connectivity index (χ2v) is 4.67. The Labute approximate surface area is 111 Å². The molecule has 0 bridgehead atoms. The first-order valence-corrected chi connectivity index (χ1v) is 6.58. The van der Waals surface area contributed by atoms with Crippen LogP contribution in [-0.4, -0.2) is 37.9 Å². The summed E-state index contributed by atoms with van der Waals surface area (Å²) in [5.41, 5.74) is 1.54. The Morgan fingerprint density at radius 2 is 2.32 bits per heavy atom. The minimum Gasteiger partial charge on any atom is -0.494 e. The third kappa shape index (κ3) is 2.19. The maximum absolute atomic E-state index is 5.86. The van der Waals surface area contributed by atoms with Crippen LogP contribution in [0.2, 0.25) is 0 Å². The zero-order chi connectivity index (χ0) is 13.2. The Morgan fingerprint density at radius 1 is 1.42 bits per heavy atom. The lowest BCUT2D eigenvalue weighted by molar-refractivity contribution is 0.186. The number of benzene rings is 1. The first kappa shape index (κ1) is 12.4. The highest BCUT2D eigenvalue weighted by Gasteiger charge is 2.33. The molecule has 102 valence electrons. The third-order valence-corrected chi connectivity index (χ3v) is 3.48. The first-order chi connectivity index (χ1) is 9.33. The quantitative estimate of drug-likeness (QED) is 0.912. The number of para-hydroxylation sites is 1. The summed E-state index contributed by atoms with van der Waals surface area (Å²) in [5.74, 6) is 1.63. The smallest absolute Gasteiger partial charge is 0.202 e. The van der Waals surface area contributed by atoms with E-state index < -0.39 is 0 Å². The number of hydrogen-bond donors (Lipinski definition) is 1. The summed E-state index contributed by atoms with van der Waals surface area (Å²) in [6.45, 7) is 4.35. The van der Waals surface area contributed by atoms with Crippen LogP contribution in [0.5, 0.6) is 5.75 Å². The molecule has 0 radical (unpaired) electrons. The van der Waals surface area contributed by atoms with Crippen LogP contribution >= 0.6 is 0 Å². The van der Waals surface area contributed by atoms with E-state index in [-0.39, 0.29) is 12.0 Å². The lowest BCUT2D eigenvalue weighted by Crippen LogP contribution is -2.34. The molecule has 1 aromatic carbocycles. The average Bonchev–Trinajstić information content (AvgIpc) is 3.03. The van der Waals surface area contributed by atoms with E-state index in [1.54, 1.807) is 7.11 Å². The van der Waals surface area contributed by atoms with Gasteiger partial charge in [0.2, 0.25) is 5.89 Å². The van der Waals surface area contributed by atoms with Gasteiger partial charge in [-0.15, -0.1) is 0 Å². The fraction of sp³-hybridized carbons (Fsp3) is 0.500. The fourth-order valence-corrected chi connectivity index (χ4v) is 2.52. The van der Waals surface area contributed by atoms with Crippen molar-refractivity contribution >= 4 is 11.1 Å². The molecule has 2 atom stereocenters. The molecule has 2 aromatic rings. The van der Waals surface area contributed by atoms with E-state index in [2.05, 4.69) is 17.2 Å². The SMILES string of the molecule is CCNC1COCC1c1nc2c(OC)cccc2o1. The third-order valence-electron chi connectivity index (χ3n) is 3.48. The molecule has 1 saturated heterocycles. The van der Waals surface area contributed by atoms with Gasteiger partial charge in [-0.05, 0) is 18.7 Å². The van der Waals surface area contributed by atoms with E-state index in [9.17, 15) is 0 Å². The zero-order valence-corrected chi connectivity index (χ0v) is 11.2. The summed E-state index contributed by atoms with van der Waals surface area (Å²) in [4.78, 5) is 4.59. The molecular weight excluding hydrogens is 244 g/mol. The molecule has 0 spiro atoms. The Morgan fingerprint density at radius 3 is 3.11 bits per heavy atom. The molecule has 1 N–H and O–H groups in total. The van der Waals surface area contributed by atoms with Crippen LogP contribution in [0.3, 0.4) is 0 Å². The lowest BCUT2D eigenvalue weighted by Gasteiger charge is -2.14. The summed E-state index contributed by atoms with van der Waals surface area (Å²) < 4.78 is 16.7. The summed E-state index contributed by atoms with van der Waals surface area (Å²) in [6, 6.07) is 5.97. The first-order valence-electron chi connectivity index (χ1n) is 6.58. The van der Waals surface area contributed by atoms with Crippen molar-refractivity contribution in [2.24, 2.45) is 0 Å². The minimum atomic E-state index is 0.164. The van der Waals surface area contributed by atoms with E-state index in [0.29, 0.717) is 13.2 Å². The Bertz CT molecular complexity index is 567. The van der Waals surface area contributed by atoms with Crippen molar-refractivity contribution in [2.75, 3.05) is 26.9 Å². The monoisotopic (exact) mass is 262 g/mol. The maximum Gasteiger partial charge on any atom is 0.202 e. The number of rotatable bonds is 4. The molecule has 0 amide bonds. The van der Waals surface area contributed by atoms with Crippen LogP contribution < -0.4 is 10.1 Å². The number of ether oxygens (including phenoxy) is 2. The van der Waals surface area contributed by atoms with Gasteiger partial charge in [0.1, 0.15) is 5.75 Å². The summed E-state index contributed by atoms with van der Waals surface area (Å²) in [6.07, 6.45) is 0. The molecule has 0 saturated carbocycles. The fourth-order valence-electron chi connectivity index (χ4n) is 2.52. The summed E-state index contributed by atoms with van der Waals surface area (Å²) in [7, 11) is 1.64.